The van der Waals surface area contributed by atoms with Crippen LogP contribution in [0.15, 0.2) is 47.3 Å². The minimum absolute atomic E-state index is 0.0307. The first-order chi connectivity index (χ1) is 21.4. The van der Waals surface area contributed by atoms with Gasteiger partial charge in [0.25, 0.3) is 6.43 Å². The molecule has 1 aromatic carbocycles. The number of aliphatic hydroxyl groups excluding tert-OH is 1. The third-order valence-electron chi connectivity index (χ3n) is 7.61. The number of carbonyl (C=O) groups is 1. The maximum absolute atomic E-state index is 15.1. The topological polar surface area (TPSA) is 177 Å². The zero-order chi connectivity index (χ0) is 32.5. The van der Waals surface area contributed by atoms with Crippen molar-refractivity contribution in [1.82, 2.24) is 24.5 Å². The highest BCUT2D eigenvalue weighted by Crippen LogP contribution is 2.35. The van der Waals surface area contributed by atoms with E-state index in [0.29, 0.717) is 29.9 Å². The molecule has 1 fully saturated rings. The zero-order valence-corrected chi connectivity index (χ0v) is 24.1. The average molecular weight is 632 g/mol. The van der Waals surface area contributed by atoms with Crippen molar-refractivity contribution in [1.29, 1.82) is 0 Å². The van der Waals surface area contributed by atoms with Crippen LogP contribution >= 0.6 is 0 Å². The van der Waals surface area contributed by atoms with E-state index >= 15 is 4.39 Å². The predicted molar refractivity (Wildman–Crippen MR) is 153 cm³/mol. The fourth-order valence-corrected chi connectivity index (χ4v) is 5.17. The summed E-state index contributed by atoms with van der Waals surface area (Å²) in [7, 11) is 1.21. The highest BCUT2D eigenvalue weighted by molar-refractivity contribution is 5.81. The molecule has 1 saturated heterocycles. The van der Waals surface area contributed by atoms with Gasteiger partial charge in [-0.1, -0.05) is 0 Å². The second kappa shape index (κ2) is 12.7. The first-order valence-electron chi connectivity index (χ1n) is 13.7. The molecule has 4 N–H and O–H groups in total. The molecule has 1 unspecified atom stereocenters. The molecule has 0 amide bonds. The fourth-order valence-electron chi connectivity index (χ4n) is 5.17. The monoisotopic (exact) mass is 631 g/mol. The Morgan fingerprint density at radius 2 is 1.96 bits per heavy atom. The van der Waals surface area contributed by atoms with E-state index in [2.05, 4.69) is 30.2 Å². The van der Waals surface area contributed by atoms with Crippen molar-refractivity contribution in [3.63, 3.8) is 0 Å². The first kappa shape index (κ1) is 31.6. The number of aliphatic hydroxyl groups is 1. The van der Waals surface area contributed by atoms with Crippen molar-refractivity contribution < 1.29 is 37.3 Å². The molecule has 0 spiro atoms. The number of hydrogen-bond donors (Lipinski definition) is 3. The number of anilines is 1. The van der Waals surface area contributed by atoms with Crippen molar-refractivity contribution in [3.05, 3.63) is 54.2 Å². The number of imidazole rings is 1. The minimum atomic E-state index is -3.05. The quantitative estimate of drug-likeness (QED) is 0.173. The number of benzene rings is 1. The second-order valence-corrected chi connectivity index (χ2v) is 10.7. The number of methoxy groups -OCH3 is 1. The highest BCUT2D eigenvalue weighted by atomic mass is 19.3. The van der Waals surface area contributed by atoms with E-state index in [-0.39, 0.29) is 47.9 Å². The highest BCUT2D eigenvalue weighted by Gasteiger charge is 2.43. The molecule has 238 valence electrons. The molecule has 4 heterocycles. The van der Waals surface area contributed by atoms with E-state index in [0.717, 1.165) is 12.1 Å². The number of hydrogen-bond acceptors (Lipinski definition) is 11. The van der Waals surface area contributed by atoms with Crippen molar-refractivity contribution >= 4 is 28.6 Å². The number of nitrogens with two attached hydrogens (primary N) is 1. The molecule has 1 aliphatic heterocycles. The smallest absolute Gasteiger partial charge is 0.330 e. The van der Waals surface area contributed by atoms with Crippen molar-refractivity contribution in [2.75, 3.05) is 25.1 Å². The van der Waals surface area contributed by atoms with E-state index in [1.165, 1.54) is 39.0 Å². The Kier molecular flexibility index (Phi) is 8.92. The first-order valence-corrected chi connectivity index (χ1v) is 13.7. The molecule has 3 atom stereocenters. The van der Waals surface area contributed by atoms with E-state index in [9.17, 15) is 23.1 Å². The molecule has 0 aliphatic carbocycles. The van der Waals surface area contributed by atoms with Crippen LogP contribution in [-0.2, 0) is 11.3 Å². The van der Waals surface area contributed by atoms with Gasteiger partial charge in [-0.05, 0) is 37.5 Å². The van der Waals surface area contributed by atoms with Gasteiger partial charge in [-0.25, -0.2) is 37.3 Å². The van der Waals surface area contributed by atoms with Gasteiger partial charge in [-0.15, -0.1) is 5.11 Å². The Morgan fingerprint density at radius 1 is 1.18 bits per heavy atom. The zero-order valence-electron chi connectivity index (χ0n) is 24.1. The summed E-state index contributed by atoms with van der Waals surface area (Å²) in [5, 5.41) is 27.0. The van der Waals surface area contributed by atoms with Crippen molar-refractivity contribution in [2.24, 2.45) is 16.0 Å². The van der Waals surface area contributed by atoms with Gasteiger partial charge in [0.2, 0.25) is 5.82 Å². The summed E-state index contributed by atoms with van der Waals surface area (Å²) in [6.07, 6.45) is -0.526. The van der Waals surface area contributed by atoms with E-state index in [1.807, 2.05) is 0 Å². The lowest BCUT2D eigenvalue weighted by Gasteiger charge is -2.44. The molecule has 13 nitrogen and oxygen atoms in total. The van der Waals surface area contributed by atoms with Crippen LogP contribution in [-0.4, -0.2) is 85.0 Å². The molecule has 0 saturated carbocycles. The molecular weight excluding hydrogens is 602 g/mol. The lowest BCUT2D eigenvalue weighted by molar-refractivity contribution is -0.138. The van der Waals surface area contributed by atoms with Crippen molar-refractivity contribution in [2.45, 2.75) is 50.4 Å². The largest absolute Gasteiger partial charge is 0.494 e. The molecule has 5 rings (SSSR count). The number of alkyl halides is 2. The summed E-state index contributed by atoms with van der Waals surface area (Å²) in [6, 6.07) is 2.26. The summed E-state index contributed by atoms with van der Waals surface area (Å²) in [4.78, 5) is 29.9. The number of pyridine rings is 1. The normalized spacial score (nSPS) is 18.6. The van der Waals surface area contributed by atoms with Gasteiger partial charge in [0.1, 0.15) is 18.2 Å². The van der Waals surface area contributed by atoms with E-state index in [1.54, 1.807) is 9.47 Å². The maximum Gasteiger partial charge on any atom is 0.330 e. The van der Waals surface area contributed by atoms with Gasteiger partial charge in [0.05, 0.1) is 43.1 Å². The summed E-state index contributed by atoms with van der Waals surface area (Å²) in [6.45, 7) is 1.65. The van der Waals surface area contributed by atoms with Crippen molar-refractivity contribution in [3.8, 4) is 17.0 Å². The molecule has 3 aromatic heterocycles. The molecular formula is C28H29F4N9O4. The third-order valence-corrected chi connectivity index (χ3v) is 7.61. The number of azo groups is 1. The van der Waals surface area contributed by atoms with Crippen LogP contribution in [0.5, 0.6) is 5.75 Å². The number of carboxylic acid groups (broad SMARTS) is 1. The number of aromatic nitrogens is 5. The lowest BCUT2D eigenvalue weighted by Crippen LogP contribution is -2.63. The van der Waals surface area contributed by atoms with Crippen LogP contribution in [0.25, 0.3) is 22.4 Å². The van der Waals surface area contributed by atoms with Gasteiger partial charge in [-0.2, -0.15) is 5.11 Å². The molecule has 0 bridgehead atoms. The number of fused-ring (bicyclic) bond motifs is 1. The Bertz CT molecular complexity index is 1750. The number of carboxylic acids is 1. The number of halogens is 4. The standard InChI is InChI=1S/C28H29F4N9O4/c1-14(27(43)44)38-39-25-22-26(36-12-35-25)41(13-37-22)10-15-6-19(16-7-18(30)21(45-2)8-17(16)29)34-9-20(15)40-5-3-4-28(33,11-40)23(42)24(31)32/h6-9,12-14,23-24,42H,3-5,10-11,33H2,1-2H3,(H,43,44)/t14?,23-,28-/m1/s1. The van der Waals surface area contributed by atoms with Crippen LogP contribution < -0.4 is 15.4 Å². The van der Waals surface area contributed by atoms with Crippen LogP contribution in [0.3, 0.4) is 0 Å². The predicted octanol–water partition coefficient (Wildman–Crippen LogP) is 3.70. The summed E-state index contributed by atoms with van der Waals surface area (Å²) >= 11 is 0. The average Bonchev–Trinajstić information content (AvgIpc) is 3.43. The fraction of sp³-hybridized carbons (Fsp3) is 0.393. The van der Waals surface area contributed by atoms with Gasteiger partial charge in [-0.3, -0.25) is 4.98 Å². The molecule has 0 radical (unpaired) electrons. The van der Waals surface area contributed by atoms with E-state index in [4.69, 9.17) is 15.6 Å². The number of aliphatic carboxylic acids is 1. The summed E-state index contributed by atoms with van der Waals surface area (Å²) in [5.74, 6) is -3.02. The van der Waals surface area contributed by atoms with Gasteiger partial charge in [0.15, 0.2) is 28.8 Å². The molecule has 45 heavy (non-hydrogen) atoms. The second-order valence-electron chi connectivity index (χ2n) is 10.7. The number of rotatable bonds is 10. The minimum Gasteiger partial charge on any atom is -0.494 e. The van der Waals surface area contributed by atoms with Gasteiger partial charge < -0.3 is 30.2 Å². The number of ether oxygens (including phenoxy) is 1. The molecule has 4 aromatic rings. The van der Waals surface area contributed by atoms with Gasteiger partial charge in [0, 0.05) is 24.7 Å². The summed E-state index contributed by atoms with van der Waals surface area (Å²) in [5.41, 5.74) is 6.06. The van der Waals surface area contributed by atoms with Crippen LogP contribution in [0, 0.1) is 11.6 Å². The van der Waals surface area contributed by atoms with E-state index < -0.39 is 41.7 Å². The molecule has 17 heteroatoms. The lowest BCUT2D eigenvalue weighted by atomic mass is 9.84. The van der Waals surface area contributed by atoms with Gasteiger partial charge >= 0.3 is 5.97 Å². The Hall–Kier alpha value is -4.77. The SMILES string of the molecule is COc1cc(F)c(-c2cc(Cn3cnc4c(N=NC(C)C(=O)O)ncnc43)c(N3CCC[C@](N)([C@H](O)C(F)F)C3)cn2)cc1F. The van der Waals surface area contributed by atoms with Crippen LogP contribution in [0.2, 0.25) is 0 Å². The maximum atomic E-state index is 15.1. The Labute approximate surface area is 253 Å². The van der Waals surface area contributed by atoms with Crippen LogP contribution in [0.4, 0.5) is 29.1 Å². The Morgan fingerprint density at radius 3 is 2.67 bits per heavy atom. The third kappa shape index (κ3) is 6.39. The Balaban J connectivity index is 1.58. The number of nitrogens with zero attached hydrogens (tertiary/aromatic N) is 8. The molecule has 1 aliphatic rings. The van der Waals surface area contributed by atoms with Crippen LogP contribution in [0.1, 0.15) is 25.3 Å². The number of piperidine rings is 1. The summed E-state index contributed by atoms with van der Waals surface area (Å²) < 4.78 is 63.1.